The molecule has 0 fully saturated rings. The Bertz CT molecular complexity index is 538. The molecule has 0 aliphatic carbocycles. The minimum atomic E-state index is -0.125. The van der Waals surface area contributed by atoms with Crippen LogP contribution < -0.4 is 5.32 Å². The molecule has 0 saturated carbocycles. The Hall–Kier alpha value is -2.21. The zero-order valence-electron chi connectivity index (χ0n) is 13.5. The molecule has 6 heteroatoms. The maximum Gasteiger partial charge on any atom is 0.236 e. The van der Waals surface area contributed by atoms with E-state index in [1.54, 1.807) is 50.3 Å². The lowest BCUT2D eigenvalue weighted by Gasteiger charge is -2.18. The molecule has 0 saturated heterocycles. The van der Waals surface area contributed by atoms with Gasteiger partial charge in [0.25, 0.3) is 0 Å². The van der Waals surface area contributed by atoms with Crippen LogP contribution in [0.15, 0.2) is 24.3 Å². The topological polar surface area (TPSA) is 69.7 Å². The van der Waals surface area contributed by atoms with Crippen molar-refractivity contribution in [2.45, 2.75) is 13.3 Å². The first-order valence-electron chi connectivity index (χ1n) is 7.09. The van der Waals surface area contributed by atoms with Gasteiger partial charge in [-0.25, -0.2) is 0 Å². The maximum absolute atomic E-state index is 11.9. The molecule has 0 aromatic heterocycles. The van der Waals surface area contributed by atoms with Crippen molar-refractivity contribution in [3.8, 4) is 0 Å². The van der Waals surface area contributed by atoms with Gasteiger partial charge in [-0.05, 0) is 38.2 Å². The van der Waals surface area contributed by atoms with Crippen molar-refractivity contribution in [2.75, 3.05) is 39.5 Å². The van der Waals surface area contributed by atoms with E-state index < -0.39 is 0 Å². The first-order chi connectivity index (χ1) is 10.3. The Balaban J connectivity index is 2.40. The van der Waals surface area contributed by atoms with Gasteiger partial charge in [-0.2, -0.15) is 0 Å². The number of nitrogens with one attached hydrogen (secondary N) is 1. The number of carbonyl (C=O) groups is 3. The Morgan fingerprint density at radius 1 is 1.05 bits per heavy atom. The van der Waals surface area contributed by atoms with Gasteiger partial charge in [0, 0.05) is 38.3 Å². The summed E-state index contributed by atoms with van der Waals surface area (Å²) in [6.45, 7) is 2.28. The first-order valence-corrected chi connectivity index (χ1v) is 7.09. The van der Waals surface area contributed by atoms with Crippen LogP contribution in [0.25, 0.3) is 0 Å². The largest absolute Gasteiger partial charge is 0.348 e. The standard InChI is InChI=1S/C16H23N3O3/c1-12(20)13-5-7-14(8-6-13)17-15(21)9-10-19(4)11-16(22)18(2)3/h5-8H,9-11H2,1-4H3,(H,17,21). The monoisotopic (exact) mass is 305 g/mol. The number of rotatable bonds is 7. The molecule has 1 N–H and O–H groups in total. The van der Waals surface area contributed by atoms with Gasteiger partial charge in [-0.15, -0.1) is 0 Å². The molecule has 0 spiro atoms. The van der Waals surface area contributed by atoms with Crippen LogP contribution in [-0.2, 0) is 9.59 Å². The molecule has 0 aliphatic rings. The Morgan fingerprint density at radius 2 is 1.64 bits per heavy atom. The fourth-order valence-electron chi connectivity index (χ4n) is 1.76. The molecule has 1 aromatic carbocycles. The summed E-state index contributed by atoms with van der Waals surface area (Å²) in [6.07, 6.45) is 0.297. The molecule has 0 unspecified atom stereocenters. The minimum Gasteiger partial charge on any atom is -0.348 e. The van der Waals surface area contributed by atoms with Gasteiger partial charge in [0.1, 0.15) is 0 Å². The van der Waals surface area contributed by atoms with Crippen molar-refractivity contribution in [3.63, 3.8) is 0 Å². The molecule has 2 amide bonds. The van der Waals surface area contributed by atoms with E-state index in [4.69, 9.17) is 0 Å². The normalized spacial score (nSPS) is 10.4. The number of ketones is 1. The SMILES string of the molecule is CC(=O)c1ccc(NC(=O)CCN(C)CC(=O)N(C)C)cc1. The molecule has 0 radical (unpaired) electrons. The summed E-state index contributed by atoms with van der Waals surface area (Å²) in [6, 6.07) is 6.77. The molecule has 0 heterocycles. The average molecular weight is 305 g/mol. The molecule has 1 aromatic rings. The van der Waals surface area contributed by atoms with Crippen LogP contribution >= 0.6 is 0 Å². The molecule has 1 rings (SSSR count). The minimum absolute atomic E-state index is 0.00253. The molecule has 6 nitrogen and oxygen atoms in total. The fourth-order valence-corrected chi connectivity index (χ4v) is 1.76. The molecule has 0 bridgehead atoms. The third kappa shape index (κ3) is 6.05. The number of nitrogens with zero attached hydrogens (tertiary/aromatic N) is 2. The summed E-state index contributed by atoms with van der Waals surface area (Å²) in [4.78, 5) is 37.9. The lowest BCUT2D eigenvalue weighted by molar-refractivity contribution is -0.130. The van der Waals surface area contributed by atoms with Gasteiger partial charge in [0.2, 0.25) is 11.8 Å². The van der Waals surface area contributed by atoms with E-state index in [1.165, 1.54) is 11.8 Å². The van der Waals surface area contributed by atoms with Crippen molar-refractivity contribution >= 4 is 23.3 Å². The third-order valence-electron chi connectivity index (χ3n) is 3.20. The second-order valence-electron chi connectivity index (χ2n) is 5.46. The van der Waals surface area contributed by atoms with Crippen LogP contribution in [0.1, 0.15) is 23.7 Å². The lowest BCUT2D eigenvalue weighted by Crippen LogP contribution is -2.35. The van der Waals surface area contributed by atoms with Crippen LogP contribution in [0.5, 0.6) is 0 Å². The van der Waals surface area contributed by atoms with Gasteiger partial charge >= 0.3 is 0 Å². The van der Waals surface area contributed by atoms with Gasteiger partial charge in [-0.3, -0.25) is 19.3 Å². The van der Waals surface area contributed by atoms with E-state index in [2.05, 4.69) is 5.32 Å². The van der Waals surface area contributed by atoms with E-state index >= 15 is 0 Å². The third-order valence-corrected chi connectivity index (χ3v) is 3.20. The molecule has 22 heavy (non-hydrogen) atoms. The zero-order chi connectivity index (χ0) is 16.7. The highest BCUT2D eigenvalue weighted by Crippen LogP contribution is 2.10. The summed E-state index contributed by atoms with van der Waals surface area (Å²) in [5.74, 6) is -0.132. The summed E-state index contributed by atoms with van der Waals surface area (Å²) in [5.41, 5.74) is 1.27. The van der Waals surface area contributed by atoms with E-state index in [9.17, 15) is 14.4 Å². The number of anilines is 1. The summed E-state index contributed by atoms with van der Waals surface area (Å²) < 4.78 is 0. The Kier molecular flexibility index (Phi) is 6.72. The van der Waals surface area contributed by atoms with Crippen molar-refractivity contribution < 1.29 is 14.4 Å². The van der Waals surface area contributed by atoms with Crippen molar-refractivity contribution in [1.29, 1.82) is 0 Å². The number of amides is 2. The highest BCUT2D eigenvalue weighted by atomic mass is 16.2. The second kappa shape index (κ2) is 8.29. The van der Waals surface area contributed by atoms with E-state index in [-0.39, 0.29) is 24.1 Å². The van der Waals surface area contributed by atoms with Crippen LogP contribution in [0.4, 0.5) is 5.69 Å². The van der Waals surface area contributed by atoms with Gasteiger partial charge < -0.3 is 10.2 Å². The number of hydrogen-bond donors (Lipinski definition) is 1. The number of likely N-dealkylation sites (N-methyl/N-ethyl adjacent to an activating group) is 2. The zero-order valence-corrected chi connectivity index (χ0v) is 13.5. The number of benzene rings is 1. The Morgan fingerprint density at radius 3 is 2.14 bits per heavy atom. The molecule has 0 aliphatic heterocycles. The summed E-state index contributed by atoms with van der Waals surface area (Å²) in [5, 5.41) is 2.77. The van der Waals surface area contributed by atoms with Crippen LogP contribution in [-0.4, -0.2) is 61.6 Å². The molecular weight excluding hydrogens is 282 g/mol. The lowest BCUT2D eigenvalue weighted by atomic mass is 10.1. The Labute approximate surface area is 131 Å². The average Bonchev–Trinajstić information content (AvgIpc) is 2.45. The van der Waals surface area contributed by atoms with Crippen molar-refractivity contribution in [2.24, 2.45) is 0 Å². The molecule has 0 atom stereocenters. The number of Topliss-reactive ketones (excluding diaryl/α,β-unsaturated/α-hetero) is 1. The quantitative estimate of drug-likeness (QED) is 0.770. The van der Waals surface area contributed by atoms with E-state index in [0.717, 1.165) is 0 Å². The summed E-state index contributed by atoms with van der Waals surface area (Å²) in [7, 11) is 5.21. The van der Waals surface area contributed by atoms with Gasteiger partial charge in [0.05, 0.1) is 6.54 Å². The van der Waals surface area contributed by atoms with Crippen LogP contribution in [0.3, 0.4) is 0 Å². The highest BCUT2D eigenvalue weighted by Gasteiger charge is 2.10. The smallest absolute Gasteiger partial charge is 0.236 e. The highest BCUT2D eigenvalue weighted by molar-refractivity contribution is 5.95. The number of carbonyl (C=O) groups excluding carboxylic acids is 3. The fraction of sp³-hybridized carbons (Fsp3) is 0.438. The van der Waals surface area contributed by atoms with Gasteiger partial charge in [-0.1, -0.05) is 0 Å². The maximum atomic E-state index is 11.9. The van der Waals surface area contributed by atoms with Crippen LogP contribution in [0.2, 0.25) is 0 Å². The molecule has 120 valence electrons. The predicted molar refractivity (Wildman–Crippen MR) is 85.9 cm³/mol. The van der Waals surface area contributed by atoms with Crippen LogP contribution in [0, 0.1) is 0 Å². The summed E-state index contributed by atoms with van der Waals surface area (Å²) >= 11 is 0. The first kappa shape index (κ1) is 17.8. The predicted octanol–water partition coefficient (Wildman–Crippen LogP) is 1.24. The van der Waals surface area contributed by atoms with E-state index in [1.807, 2.05) is 0 Å². The van der Waals surface area contributed by atoms with E-state index in [0.29, 0.717) is 24.2 Å². The van der Waals surface area contributed by atoms with Gasteiger partial charge in [0.15, 0.2) is 5.78 Å². The second-order valence-corrected chi connectivity index (χ2v) is 5.46. The number of hydrogen-bond acceptors (Lipinski definition) is 4. The molecular formula is C16H23N3O3. The van der Waals surface area contributed by atoms with Crippen molar-refractivity contribution in [3.05, 3.63) is 29.8 Å². The van der Waals surface area contributed by atoms with Crippen molar-refractivity contribution in [1.82, 2.24) is 9.80 Å².